The topological polar surface area (TPSA) is 15.3 Å². The summed E-state index contributed by atoms with van der Waals surface area (Å²) in [5.41, 5.74) is 2.85. The van der Waals surface area contributed by atoms with E-state index in [1.54, 1.807) is 0 Å². The van der Waals surface area contributed by atoms with Crippen molar-refractivity contribution in [3.63, 3.8) is 0 Å². The molecule has 0 aromatic heterocycles. The number of hydrogen-bond donors (Lipinski definition) is 1. The van der Waals surface area contributed by atoms with Crippen LogP contribution >= 0.6 is 0 Å². The summed E-state index contributed by atoms with van der Waals surface area (Å²) < 4.78 is 0. The molecule has 2 aliphatic heterocycles. The third-order valence-electron chi connectivity index (χ3n) is 4.74. The van der Waals surface area contributed by atoms with Gasteiger partial charge in [0, 0.05) is 18.6 Å². The number of aryl methyl sites for hydroxylation is 1. The molecule has 18 heavy (non-hydrogen) atoms. The van der Waals surface area contributed by atoms with Gasteiger partial charge in [-0.1, -0.05) is 29.8 Å². The Labute approximate surface area is 110 Å². The van der Waals surface area contributed by atoms with Crippen LogP contribution < -0.4 is 5.32 Å². The van der Waals surface area contributed by atoms with Crippen LogP contribution in [0.25, 0.3) is 0 Å². The van der Waals surface area contributed by atoms with Gasteiger partial charge in [0.05, 0.1) is 0 Å². The summed E-state index contributed by atoms with van der Waals surface area (Å²) >= 11 is 0. The Kier molecular flexibility index (Phi) is 3.40. The van der Waals surface area contributed by atoms with Crippen molar-refractivity contribution in [2.75, 3.05) is 19.6 Å². The van der Waals surface area contributed by atoms with E-state index in [1.165, 1.54) is 43.6 Å². The highest BCUT2D eigenvalue weighted by molar-refractivity contribution is 5.25. The van der Waals surface area contributed by atoms with Crippen LogP contribution in [0.3, 0.4) is 0 Å². The second-order valence-electron chi connectivity index (χ2n) is 5.96. The van der Waals surface area contributed by atoms with Gasteiger partial charge in [0.25, 0.3) is 0 Å². The van der Waals surface area contributed by atoms with E-state index in [1.807, 2.05) is 0 Å². The van der Waals surface area contributed by atoms with Crippen molar-refractivity contribution in [1.29, 1.82) is 0 Å². The molecule has 2 aliphatic rings. The fraction of sp³-hybridized carbons (Fsp3) is 0.625. The average Bonchev–Trinajstić information content (AvgIpc) is 2.86. The summed E-state index contributed by atoms with van der Waals surface area (Å²) in [6.07, 6.45) is 2.77. The highest BCUT2D eigenvalue weighted by atomic mass is 15.2. The lowest BCUT2D eigenvalue weighted by atomic mass is 9.89. The Bertz CT molecular complexity index is 415. The number of benzene rings is 1. The van der Waals surface area contributed by atoms with Gasteiger partial charge in [0.15, 0.2) is 0 Å². The van der Waals surface area contributed by atoms with E-state index >= 15 is 0 Å². The van der Waals surface area contributed by atoms with Crippen molar-refractivity contribution in [3.05, 3.63) is 35.4 Å². The molecule has 98 valence electrons. The van der Waals surface area contributed by atoms with E-state index in [-0.39, 0.29) is 0 Å². The number of piperidine rings is 1. The van der Waals surface area contributed by atoms with Gasteiger partial charge in [-0.3, -0.25) is 4.90 Å². The molecule has 2 fully saturated rings. The largest absolute Gasteiger partial charge is 0.315 e. The predicted octanol–water partition coefficient (Wildman–Crippen LogP) is 2.74. The molecule has 3 unspecified atom stereocenters. The van der Waals surface area contributed by atoms with Gasteiger partial charge in [0.1, 0.15) is 0 Å². The maximum Gasteiger partial charge on any atom is 0.0323 e. The first-order valence-corrected chi connectivity index (χ1v) is 7.29. The summed E-state index contributed by atoms with van der Waals surface area (Å²) in [5, 5.41) is 3.57. The zero-order chi connectivity index (χ0) is 12.5. The van der Waals surface area contributed by atoms with Crippen molar-refractivity contribution in [1.82, 2.24) is 10.2 Å². The Morgan fingerprint density at radius 1 is 1.33 bits per heavy atom. The van der Waals surface area contributed by atoms with E-state index in [4.69, 9.17) is 0 Å². The van der Waals surface area contributed by atoms with Gasteiger partial charge in [-0.05, 0) is 51.3 Å². The number of hydrogen-bond acceptors (Lipinski definition) is 2. The van der Waals surface area contributed by atoms with Crippen LogP contribution in [0.1, 0.15) is 36.9 Å². The smallest absolute Gasteiger partial charge is 0.0323 e. The predicted molar refractivity (Wildman–Crippen MR) is 75.7 cm³/mol. The molecule has 0 amide bonds. The van der Waals surface area contributed by atoms with Crippen LogP contribution in [0.2, 0.25) is 0 Å². The zero-order valence-corrected chi connectivity index (χ0v) is 11.5. The Morgan fingerprint density at radius 2 is 2.22 bits per heavy atom. The van der Waals surface area contributed by atoms with Crippen molar-refractivity contribution >= 4 is 0 Å². The average molecular weight is 244 g/mol. The van der Waals surface area contributed by atoms with Gasteiger partial charge in [-0.25, -0.2) is 0 Å². The summed E-state index contributed by atoms with van der Waals surface area (Å²) in [4.78, 5) is 2.73. The fourth-order valence-corrected chi connectivity index (χ4v) is 3.71. The Hall–Kier alpha value is -0.860. The van der Waals surface area contributed by atoms with E-state index in [0.717, 1.165) is 12.0 Å². The van der Waals surface area contributed by atoms with E-state index in [2.05, 4.69) is 48.3 Å². The summed E-state index contributed by atoms with van der Waals surface area (Å²) in [7, 11) is 0. The van der Waals surface area contributed by atoms with Crippen LogP contribution in [-0.2, 0) is 0 Å². The first-order valence-electron chi connectivity index (χ1n) is 7.29. The van der Waals surface area contributed by atoms with Crippen molar-refractivity contribution < 1.29 is 0 Å². The van der Waals surface area contributed by atoms with Crippen LogP contribution in [0.15, 0.2) is 24.3 Å². The number of likely N-dealkylation sites (tertiary alicyclic amines) is 1. The molecule has 2 heteroatoms. The molecule has 0 aliphatic carbocycles. The molecular weight excluding hydrogens is 220 g/mol. The standard InChI is InChI=1S/C16H24N2/c1-12-5-3-6-14(9-12)13(2)18-8-4-7-15-10-17-11-16(15)18/h3,5-6,9,13,15-17H,4,7-8,10-11H2,1-2H3. The van der Waals surface area contributed by atoms with Gasteiger partial charge in [-0.2, -0.15) is 0 Å². The molecule has 1 aromatic rings. The number of nitrogens with zero attached hydrogens (tertiary/aromatic N) is 1. The normalized spacial score (nSPS) is 30.1. The molecule has 2 saturated heterocycles. The van der Waals surface area contributed by atoms with Crippen LogP contribution in [0.5, 0.6) is 0 Å². The lowest BCUT2D eigenvalue weighted by Gasteiger charge is -2.41. The fourth-order valence-electron chi connectivity index (χ4n) is 3.71. The van der Waals surface area contributed by atoms with Gasteiger partial charge in [-0.15, -0.1) is 0 Å². The number of fused-ring (bicyclic) bond motifs is 1. The molecule has 0 bridgehead atoms. The molecule has 3 rings (SSSR count). The van der Waals surface area contributed by atoms with E-state index in [9.17, 15) is 0 Å². The minimum atomic E-state index is 0.553. The highest BCUT2D eigenvalue weighted by Crippen LogP contribution is 2.33. The zero-order valence-electron chi connectivity index (χ0n) is 11.5. The monoisotopic (exact) mass is 244 g/mol. The van der Waals surface area contributed by atoms with Crippen molar-refractivity contribution in [2.24, 2.45) is 5.92 Å². The van der Waals surface area contributed by atoms with Gasteiger partial charge in [0.2, 0.25) is 0 Å². The minimum Gasteiger partial charge on any atom is -0.315 e. The molecular formula is C16H24N2. The molecule has 1 N–H and O–H groups in total. The van der Waals surface area contributed by atoms with Gasteiger partial charge >= 0.3 is 0 Å². The maximum absolute atomic E-state index is 3.57. The molecule has 2 nitrogen and oxygen atoms in total. The van der Waals surface area contributed by atoms with Gasteiger partial charge < -0.3 is 5.32 Å². The molecule has 1 aromatic carbocycles. The van der Waals surface area contributed by atoms with E-state index in [0.29, 0.717) is 6.04 Å². The SMILES string of the molecule is Cc1cccc(C(C)N2CCCC3CNCC32)c1. The quantitative estimate of drug-likeness (QED) is 0.860. The Morgan fingerprint density at radius 3 is 3.06 bits per heavy atom. The second kappa shape index (κ2) is 5.02. The highest BCUT2D eigenvalue weighted by Gasteiger charge is 2.37. The molecule has 0 saturated carbocycles. The summed E-state index contributed by atoms with van der Waals surface area (Å²) in [6, 6.07) is 10.3. The van der Waals surface area contributed by atoms with Crippen LogP contribution in [-0.4, -0.2) is 30.6 Å². The third-order valence-corrected chi connectivity index (χ3v) is 4.74. The molecule has 3 atom stereocenters. The second-order valence-corrected chi connectivity index (χ2v) is 5.96. The molecule has 2 heterocycles. The van der Waals surface area contributed by atoms with E-state index < -0.39 is 0 Å². The van der Waals surface area contributed by atoms with Crippen molar-refractivity contribution in [2.45, 2.75) is 38.8 Å². The molecule has 0 radical (unpaired) electrons. The first kappa shape index (κ1) is 12.2. The summed E-state index contributed by atoms with van der Waals surface area (Å²) in [5.74, 6) is 0.881. The Balaban J connectivity index is 1.80. The maximum atomic E-state index is 3.57. The summed E-state index contributed by atoms with van der Waals surface area (Å²) in [6.45, 7) is 8.22. The third kappa shape index (κ3) is 2.19. The lowest BCUT2D eigenvalue weighted by Crippen LogP contribution is -2.46. The van der Waals surface area contributed by atoms with Crippen LogP contribution in [0.4, 0.5) is 0 Å². The minimum absolute atomic E-state index is 0.553. The number of rotatable bonds is 2. The number of nitrogens with one attached hydrogen (secondary N) is 1. The first-order chi connectivity index (χ1) is 8.75. The molecule has 0 spiro atoms. The lowest BCUT2D eigenvalue weighted by molar-refractivity contribution is 0.0847. The van der Waals surface area contributed by atoms with Crippen molar-refractivity contribution in [3.8, 4) is 0 Å². The van der Waals surface area contributed by atoms with Crippen LogP contribution in [0, 0.1) is 12.8 Å².